The normalized spacial score (nSPS) is 10.5. The molecule has 4 N–H and O–H groups in total. The van der Waals surface area contributed by atoms with Crippen LogP contribution in [0.3, 0.4) is 0 Å². The van der Waals surface area contributed by atoms with Gasteiger partial charge < -0.3 is 16.4 Å². The third-order valence-electron chi connectivity index (χ3n) is 3.20. The van der Waals surface area contributed by atoms with E-state index in [-0.39, 0.29) is 28.7 Å². The minimum atomic E-state index is -0.467. The first-order chi connectivity index (χ1) is 11.5. The summed E-state index contributed by atoms with van der Waals surface area (Å²) in [6.07, 6.45) is 1.25. The van der Waals surface area contributed by atoms with Gasteiger partial charge in [-0.15, -0.1) is 0 Å². The molecular weight excluding hydrogens is 380 g/mol. The monoisotopic (exact) mass is 391 g/mol. The van der Waals surface area contributed by atoms with Crippen molar-refractivity contribution in [2.24, 2.45) is 0 Å². The number of halogens is 3. The molecule has 0 spiro atoms. The summed E-state index contributed by atoms with van der Waals surface area (Å²) < 4.78 is 28.3. The maximum Gasteiger partial charge on any atom is 0.159 e. The predicted octanol–water partition coefficient (Wildman–Crippen LogP) is 4.59. The van der Waals surface area contributed by atoms with E-state index in [0.29, 0.717) is 4.47 Å². The summed E-state index contributed by atoms with van der Waals surface area (Å²) in [6, 6.07) is 10.7. The molecule has 3 aromatic rings. The molecule has 0 radical (unpaired) electrons. The van der Waals surface area contributed by atoms with Gasteiger partial charge in [0.1, 0.15) is 23.6 Å². The minimum absolute atomic E-state index is 0.142. The highest BCUT2D eigenvalue weighted by Gasteiger charge is 2.12. The number of rotatable bonds is 4. The van der Waals surface area contributed by atoms with Gasteiger partial charge >= 0.3 is 0 Å². The van der Waals surface area contributed by atoms with Gasteiger partial charge in [-0.25, -0.2) is 18.7 Å². The number of hydrogen-bond donors (Lipinski definition) is 3. The molecule has 0 unspecified atom stereocenters. The standard InChI is InChI=1S/C16H12BrF2N5/c17-9-5-6-13(11(19)7-9)24-16-14(20)15(21-8-22-16)23-12-4-2-1-3-10(12)18/h1-8H,20H2,(H2,21,22,23,24). The number of para-hydroxylation sites is 1. The number of anilines is 5. The highest BCUT2D eigenvalue weighted by Crippen LogP contribution is 2.30. The molecule has 0 bridgehead atoms. The van der Waals surface area contributed by atoms with Crippen LogP contribution in [0.15, 0.2) is 53.3 Å². The maximum atomic E-state index is 13.9. The topological polar surface area (TPSA) is 75.9 Å². The Hall–Kier alpha value is -2.74. The molecule has 5 nitrogen and oxygen atoms in total. The number of hydrogen-bond acceptors (Lipinski definition) is 5. The lowest BCUT2D eigenvalue weighted by Gasteiger charge is -2.13. The first kappa shape index (κ1) is 16.1. The highest BCUT2D eigenvalue weighted by atomic mass is 79.9. The second kappa shape index (κ2) is 6.79. The lowest BCUT2D eigenvalue weighted by Crippen LogP contribution is -2.06. The van der Waals surface area contributed by atoms with Crippen LogP contribution in [0, 0.1) is 11.6 Å². The molecule has 3 rings (SSSR count). The average molecular weight is 392 g/mol. The Labute approximate surface area is 145 Å². The molecule has 0 atom stereocenters. The number of nitrogens with zero attached hydrogens (tertiary/aromatic N) is 2. The van der Waals surface area contributed by atoms with Crippen LogP contribution in [0.1, 0.15) is 0 Å². The predicted molar refractivity (Wildman–Crippen MR) is 93.5 cm³/mol. The van der Waals surface area contributed by atoms with Crippen molar-refractivity contribution in [3.05, 3.63) is 64.9 Å². The van der Waals surface area contributed by atoms with E-state index in [9.17, 15) is 8.78 Å². The quantitative estimate of drug-likeness (QED) is 0.606. The Morgan fingerprint density at radius 3 is 2.12 bits per heavy atom. The Morgan fingerprint density at radius 2 is 1.50 bits per heavy atom. The van der Waals surface area contributed by atoms with Crippen LogP contribution in [-0.2, 0) is 0 Å². The van der Waals surface area contributed by atoms with Crippen LogP contribution in [0.5, 0.6) is 0 Å². The number of nitrogens with two attached hydrogens (primary N) is 1. The molecule has 0 aliphatic rings. The first-order valence-corrected chi connectivity index (χ1v) is 7.68. The van der Waals surface area contributed by atoms with Gasteiger partial charge in [-0.2, -0.15) is 0 Å². The second-order valence-electron chi connectivity index (χ2n) is 4.84. The fraction of sp³-hybridized carbons (Fsp3) is 0. The summed E-state index contributed by atoms with van der Waals surface area (Å²) in [4.78, 5) is 8.00. The van der Waals surface area contributed by atoms with Crippen molar-refractivity contribution in [1.82, 2.24) is 9.97 Å². The Kier molecular flexibility index (Phi) is 4.57. The van der Waals surface area contributed by atoms with E-state index in [2.05, 4.69) is 36.5 Å². The van der Waals surface area contributed by atoms with E-state index in [1.54, 1.807) is 30.3 Å². The van der Waals surface area contributed by atoms with Crippen molar-refractivity contribution >= 4 is 44.6 Å². The van der Waals surface area contributed by atoms with Gasteiger partial charge in [0.15, 0.2) is 11.6 Å². The SMILES string of the molecule is Nc1c(Nc2ccccc2F)ncnc1Nc1ccc(Br)cc1F. The van der Waals surface area contributed by atoms with Crippen molar-refractivity contribution in [1.29, 1.82) is 0 Å². The van der Waals surface area contributed by atoms with Crippen molar-refractivity contribution in [3.8, 4) is 0 Å². The summed E-state index contributed by atoms with van der Waals surface area (Å²) in [7, 11) is 0. The number of nitrogens with one attached hydrogen (secondary N) is 2. The van der Waals surface area contributed by atoms with Crippen LogP contribution in [0.4, 0.5) is 37.5 Å². The van der Waals surface area contributed by atoms with Crippen molar-refractivity contribution in [2.75, 3.05) is 16.4 Å². The fourth-order valence-electron chi connectivity index (χ4n) is 2.00. The molecule has 0 aliphatic carbocycles. The Balaban J connectivity index is 1.89. The Morgan fingerprint density at radius 1 is 0.875 bits per heavy atom. The van der Waals surface area contributed by atoms with E-state index >= 15 is 0 Å². The van der Waals surface area contributed by atoms with E-state index < -0.39 is 11.6 Å². The van der Waals surface area contributed by atoms with Crippen LogP contribution < -0.4 is 16.4 Å². The molecule has 0 aliphatic heterocycles. The summed E-state index contributed by atoms with van der Waals surface area (Å²) in [5, 5.41) is 5.60. The van der Waals surface area contributed by atoms with Crippen LogP contribution in [-0.4, -0.2) is 9.97 Å². The zero-order valence-corrected chi connectivity index (χ0v) is 13.8. The molecule has 2 aromatic carbocycles. The molecule has 0 amide bonds. The van der Waals surface area contributed by atoms with Gasteiger partial charge in [-0.05, 0) is 30.3 Å². The second-order valence-corrected chi connectivity index (χ2v) is 5.75. The molecule has 0 saturated heterocycles. The third-order valence-corrected chi connectivity index (χ3v) is 3.69. The van der Waals surface area contributed by atoms with E-state index in [0.717, 1.165) is 0 Å². The smallest absolute Gasteiger partial charge is 0.159 e. The highest BCUT2D eigenvalue weighted by molar-refractivity contribution is 9.10. The molecule has 122 valence electrons. The zero-order valence-electron chi connectivity index (χ0n) is 12.2. The summed E-state index contributed by atoms with van der Waals surface area (Å²) in [6.45, 7) is 0. The van der Waals surface area contributed by atoms with E-state index in [1.807, 2.05) is 0 Å². The van der Waals surface area contributed by atoms with E-state index in [4.69, 9.17) is 5.73 Å². The Bertz CT molecular complexity index is 888. The average Bonchev–Trinajstić information content (AvgIpc) is 2.55. The number of aromatic nitrogens is 2. The minimum Gasteiger partial charge on any atom is -0.393 e. The fourth-order valence-corrected chi connectivity index (χ4v) is 2.34. The lowest BCUT2D eigenvalue weighted by molar-refractivity contribution is 0.631. The van der Waals surface area contributed by atoms with Crippen molar-refractivity contribution < 1.29 is 8.78 Å². The number of nitrogen functional groups attached to an aromatic ring is 1. The lowest BCUT2D eigenvalue weighted by atomic mass is 10.3. The van der Waals surface area contributed by atoms with Gasteiger partial charge in [0.05, 0.1) is 11.4 Å². The summed E-state index contributed by atoms with van der Waals surface area (Å²) >= 11 is 3.19. The molecule has 8 heteroatoms. The number of benzene rings is 2. The van der Waals surface area contributed by atoms with Gasteiger partial charge in [0.2, 0.25) is 0 Å². The van der Waals surface area contributed by atoms with Crippen LogP contribution in [0.2, 0.25) is 0 Å². The summed E-state index contributed by atoms with van der Waals surface area (Å²) in [5.41, 5.74) is 6.58. The summed E-state index contributed by atoms with van der Waals surface area (Å²) in [5.74, 6) is -0.477. The van der Waals surface area contributed by atoms with Gasteiger partial charge in [0.25, 0.3) is 0 Å². The molecule has 0 fully saturated rings. The first-order valence-electron chi connectivity index (χ1n) is 6.88. The van der Waals surface area contributed by atoms with Crippen LogP contribution >= 0.6 is 15.9 Å². The van der Waals surface area contributed by atoms with Gasteiger partial charge in [-0.1, -0.05) is 28.1 Å². The third kappa shape index (κ3) is 3.43. The molecule has 24 heavy (non-hydrogen) atoms. The van der Waals surface area contributed by atoms with Crippen molar-refractivity contribution in [3.63, 3.8) is 0 Å². The zero-order chi connectivity index (χ0) is 17.1. The van der Waals surface area contributed by atoms with Crippen LogP contribution in [0.25, 0.3) is 0 Å². The van der Waals surface area contributed by atoms with E-state index in [1.165, 1.54) is 18.5 Å². The van der Waals surface area contributed by atoms with Crippen molar-refractivity contribution in [2.45, 2.75) is 0 Å². The van der Waals surface area contributed by atoms with Gasteiger partial charge in [0, 0.05) is 4.47 Å². The molecular formula is C16H12BrF2N5. The van der Waals surface area contributed by atoms with Gasteiger partial charge in [-0.3, -0.25) is 0 Å². The molecule has 1 heterocycles. The maximum absolute atomic E-state index is 13.9. The largest absolute Gasteiger partial charge is 0.393 e. The molecule has 0 saturated carbocycles. The molecule has 1 aromatic heterocycles.